The number of benzene rings is 1. The molecule has 1 nitrogen and oxygen atoms in total. The molecule has 0 heterocycles. The fourth-order valence-electron chi connectivity index (χ4n) is 0.998. The molecule has 1 saturated carbocycles. The van der Waals surface area contributed by atoms with E-state index in [-0.39, 0.29) is 0 Å². The molecule has 10 heavy (non-hydrogen) atoms. The molecule has 0 saturated heterocycles. The lowest BCUT2D eigenvalue weighted by atomic mass is 10.3. The van der Waals surface area contributed by atoms with Crippen molar-refractivity contribution < 1.29 is 0 Å². The van der Waals surface area contributed by atoms with Crippen molar-refractivity contribution in [2.24, 2.45) is 0 Å². The number of hydrogen-bond donors (Lipinski definition) is 1. The summed E-state index contributed by atoms with van der Waals surface area (Å²) in [6.07, 6.45) is 2.68. The summed E-state index contributed by atoms with van der Waals surface area (Å²) < 4.78 is 0. The van der Waals surface area contributed by atoms with E-state index in [0.29, 0.717) is 0 Å². The number of hydrogen-bond acceptors (Lipinski definition) is 1. The molecule has 0 aromatic heterocycles. The Hall–Kier alpha value is -0.980. The van der Waals surface area contributed by atoms with Gasteiger partial charge in [-0.25, -0.2) is 0 Å². The van der Waals surface area contributed by atoms with E-state index >= 15 is 0 Å². The van der Waals surface area contributed by atoms with Crippen LogP contribution >= 0.6 is 0 Å². The normalized spacial score (nSPS) is 16.8. The van der Waals surface area contributed by atoms with Crippen LogP contribution in [-0.4, -0.2) is 6.04 Å². The third-order valence-corrected chi connectivity index (χ3v) is 1.72. The molecule has 0 atom stereocenters. The predicted molar refractivity (Wildman–Crippen MR) is 43.1 cm³/mol. The van der Waals surface area contributed by atoms with E-state index < -0.39 is 0 Å². The van der Waals surface area contributed by atoms with Crippen LogP contribution in [0, 0.1) is 0 Å². The highest BCUT2D eigenvalue weighted by Gasteiger charge is 2.20. The Kier molecular flexibility index (Phi) is 1.35. The molecule has 0 spiro atoms. The van der Waals surface area contributed by atoms with E-state index in [0.717, 1.165) is 6.04 Å². The monoisotopic (exact) mass is 133 g/mol. The maximum Gasteiger partial charge on any atom is 0.0342 e. The van der Waals surface area contributed by atoms with E-state index in [4.69, 9.17) is 0 Å². The molecule has 1 aromatic rings. The van der Waals surface area contributed by atoms with E-state index in [9.17, 15) is 0 Å². The summed E-state index contributed by atoms with van der Waals surface area (Å²) in [7, 11) is 0. The second-order valence-corrected chi connectivity index (χ2v) is 2.78. The summed E-state index contributed by atoms with van der Waals surface area (Å²) in [4.78, 5) is 0. The molecule has 52 valence electrons. The Morgan fingerprint density at radius 3 is 2.40 bits per heavy atom. The quantitative estimate of drug-likeness (QED) is 0.652. The fraction of sp³-hybridized carbons (Fsp3) is 0.333. The third-order valence-electron chi connectivity index (χ3n) is 1.72. The van der Waals surface area contributed by atoms with Crippen molar-refractivity contribution in [3.8, 4) is 0 Å². The zero-order valence-electron chi connectivity index (χ0n) is 5.88. The van der Waals surface area contributed by atoms with Gasteiger partial charge in [0.1, 0.15) is 0 Å². The highest BCUT2D eigenvalue weighted by atomic mass is 14.9. The van der Waals surface area contributed by atoms with E-state index in [1.54, 1.807) is 0 Å². The van der Waals surface area contributed by atoms with Gasteiger partial charge in [-0.3, -0.25) is 0 Å². The molecule has 1 fully saturated rings. The van der Waals surface area contributed by atoms with Gasteiger partial charge in [-0.2, -0.15) is 0 Å². The third kappa shape index (κ3) is 1.29. The van der Waals surface area contributed by atoms with Crippen LogP contribution in [0.15, 0.2) is 30.3 Å². The SMILES string of the molecule is c1ccc(NC2CC2)cc1. The largest absolute Gasteiger partial charge is 0.382 e. The van der Waals surface area contributed by atoms with E-state index in [2.05, 4.69) is 29.6 Å². The molecule has 1 N–H and O–H groups in total. The second-order valence-electron chi connectivity index (χ2n) is 2.78. The lowest BCUT2D eigenvalue weighted by molar-refractivity contribution is 1.16. The molecule has 1 heteroatoms. The highest BCUT2D eigenvalue weighted by Crippen LogP contribution is 2.23. The lowest BCUT2D eigenvalue weighted by Gasteiger charge is -2.01. The van der Waals surface area contributed by atoms with Gasteiger partial charge in [0, 0.05) is 11.7 Å². The van der Waals surface area contributed by atoms with Crippen molar-refractivity contribution in [1.82, 2.24) is 0 Å². The molecular weight excluding hydrogens is 122 g/mol. The average molecular weight is 133 g/mol. The van der Waals surface area contributed by atoms with Crippen molar-refractivity contribution in [1.29, 1.82) is 0 Å². The number of para-hydroxylation sites is 1. The van der Waals surface area contributed by atoms with Gasteiger partial charge in [0.05, 0.1) is 0 Å². The van der Waals surface area contributed by atoms with Gasteiger partial charge < -0.3 is 5.32 Å². The Labute approximate surface area is 61.1 Å². The minimum absolute atomic E-state index is 0.766. The van der Waals surface area contributed by atoms with Crippen LogP contribution in [0.2, 0.25) is 0 Å². The number of anilines is 1. The average Bonchev–Trinajstić information content (AvgIpc) is 2.74. The van der Waals surface area contributed by atoms with Crippen molar-refractivity contribution in [3.05, 3.63) is 30.3 Å². The molecule has 0 aliphatic heterocycles. The van der Waals surface area contributed by atoms with Crippen molar-refractivity contribution >= 4 is 5.69 Å². The maximum absolute atomic E-state index is 3.42. The molecule has 2 rings (SSSR count). The molecule has 1 aliphatic carbocycles. The zero-order valence-corrected chi connectivity index (χ0v) is 5.88. The summed E-state index contributed by atoms with van der Waals surface area (Å²) in [5.74, 6) is 0. The van der Waals surface area contributed by atoms with Crippen molar-refractivity contribution in [2.75, 3.05) is 5.32 Å². The first-order valence-electron chi connectivity index (χ1n) is 3.77. The minimum Gasteiger partial charge on any atom is -0.382 e. The standard InChI is InChI=1S/C9H11N/c1-2-4-8(5-3-1)10-9-6-7-9/h1-5,9-10H,6-7H2. The Morgan fingerprint density at radius 2 is 1.80 bits per heavy atom. The topological polar surface area (TPSA) is 12.0 Å². The summed E-state index contributed by atoms with van der Waals surface area (Å²) in [5, 5.41) is 3.42. The molecule has 0 bridgehead atoms. The Bertz CT molecular complexity index is 201. The van der Waals surface area contributed by atoms with Crippen LogP contribution in [0.1, 0.15) is 12.8 Å². The van der Waals surface area contributed by atoms with E-state index in [1.165, 1.54) is 18.5 Å². The summed E-state index contributed by atoms with van der Waals surface area (Å²) in [5.41, 5.74) is 1.25. The minimum atomic E-state index is 0.766. The molecule has 1 aromatic carbocycles. The summed E-state index contributed by atoms with van der Waals surface area (Å²) in [6, 6.07) is 11.1. The molecule has 0 radical (unpaired) electrons. The first-order chi connectivity index (χ1) is 4.95. The Balaban J connectivity index is 2.03. The molecule has 0 unspecified atom stereocenters. The summed E-state index contributed by atoms with van der Waals surface area (Å²) >= 11 is 0. The highest BCUT2D eigenvalue weighted by molar-refractivity contribution is 5.44. The predicted octanol–water partition coefficient (Wildman–Crippen LogP) is 2.26. The number of nitrogens with one attached hydrogen (secondary N) is 1. The molecule has 1 aliphatic rings. The van der Waals surface area contributed by atoms with Crippen molar-refractivity contribution in [3.63, 3.8) is 0 Å². The van der Waals surface area contributed by atoms with Crippen LogP contribution in [0.3, 0.4) is 0 Å². The number of rotatable bonds is 2. The first kappa shape index (κ1) is 5.78. The van der Waals surface area contributed by atoms with Gasteiger partial charge in [-0.05, 0) is 25.0 Å². The van der Waals surface area contributed by atoms with Gasteiger partial charge in [0.2, 0.25) is 0 Å². The fourth-order valence-corrected chi connectivity index (χ4v) is 0.998. The Morgan fingerprint density at radius 1 is 1.10 bits per heavy atom. The van der Waals surface area contributed by atoms with Gasteiger partial charge in [-0.15, -0.1) is 0 Å². The van der Waals surface area contributed by atoms with Crippen LogP contribution in [0.4, 0.5) is 5.69 Å². The van der Waals surface area contributed by atoms with Crippen LogP contribution in [0.5, 0.6) is 0 Å². The maximum atomic E-state index is 3.42. The molecular formula is C9H11N. The van der Waals surface area contributed by atoms with Gasteiger partial charge in [-0.1, -0.05) is 18.2 Å². The lowest BCUT2D eigenvalue weighted by Crippen LogP contribution is -1.99. The van der Waals surface area contributed by atoms with Gasteiger partial charge in [0.15, 0.2) is 0 Å². The van der Waals surface area contributed by atoms with E-state index in [1.807, 2.05) is 6.07 Å². The van der Waals surface area contributed by atoms with Crippen LogP contribution < -0.4 is 5.32 Å². The van der Waals surface area contributed by atoms with Gasteiger partial charge in [0.25, 0.3) is 0 Å². The smallest absolute Gasteiger partial charge is 0.0342 e. The molecule has 0 amide bonds. The van der Waals surface area contributed by atoms with Gasteiger partial charge >= 0.3 is 0 Å². The van der Waals surface area contributed by atoms with Crippen LogP contribution in [0.25, 0.3) is 0 Å². The van der Waals surface area contributed by atoms with Crippen LogP contribution in [-0.2, 0) is 0 Å². The second kappa shape index (κ2) is 2.33. The zero-order chi connectivity index (χ0) is 6.81. The summed E-state index contributed by atoms with van der Waals surface area (Å²) in [6.45, 7) is 0. The first-order valence-corrected chi connectivity index (χ1v) is 3.77. The van der Waals surface area contributed by atoms with Crippen molar-refractivity contribution in [2.45, 2.75) is 18.9 Å².